The van der Waals surface area contributed by atoms with Crippen molar-refractivity contribution in [2.24, 2.45) is 5.92 Å². The number of hydrogen-bond donors (Lipinski definition) is 0. The molecule has 0 N–H and O–H groups in total. The van der Waals surface area contributed by atoms with Crippen molar-refractivity contribution in [1.82, 2.24) is 9.97 Å². The van der Waals surface area contributed by atoms with E-state index in [1.807, 2.05) is 0 Å². The molecule has 1 heterocycles. The Balaban J connectivity index is 1.45. The summed E-state index contributed by atoms with van der Waals surface area (Å²) in [7, 11) is 0. The van der Waals surface area contributed by atoms with E-state index in [2.05, 4.69) is 79.3 Å². The van der Waals surface area contributed by atoms with Crippen LogP contribution in [-0.4, -0.2) is 29.8 Å². The standard InChI is InChI=1S/C31H42N2O2/c1-4-6-7-8-9-10-20-35-30-22-32-31(33-23-30)29-17-15-28(16-18-29)27-13-11-26(12-14-27)19-21-34-24-25(3)5-2/h11-18,22-23,25H,4-10,19-21,24H2,1-3H3. The molecule has 0 bridgehead atoms. The average molecular weight is 475 g/mol. The largest absolute Gasteiger partial charge is 0.490 e. The zero-order valence-corrected chi connectivity index (χ0v) is 21.8. The molecule has 35 heavy (non-hydrogen) atoms. The Hall–Kier alpha value is -2.72. The van der Waals surface area contributed by atoms with Crippen LogP contribution >= 0.6 is 0 Å². The molecule has 0 radical (unpaired) electrons. The van der Waals surface area contributed by atoms with Gasteiger partial charge in [-0.25, -0.2) is 9.97 Å². The fourth-order valence-electron chi connectivity index (χ4n) is 3.88. The highest BCUT2D eigenvalue weighted by Crippen LogP contribution is 2.24. The van der Waals surface area contributed by atoms with E-state index in [9.17, 15) is 0 Å². The Kier molecular flexibility index (Phi) is 11.8. The first-order valence-electron chi connectivity index (χ1n) is 13.4. The van der Waals surface area contributed by atoms with E-state index in [1.54, 1.807) is 12.4 Å². The lowest BCUT2D eigenvalue weighted by molar-refractivity contribution is 0.106. The monoisotopic (exact) mass is 474 g/mol. The summed E-state index contributed by atoms with van der Waals surface area (Å²) >= 11 is 0. The Bertz CT molecular complexity index is 953. The van der Waals surface area contributed by atoms with Gasteiger partial charge in [0.05, 0.1) is 25.6 Å². The van der Waals surface area contributed by atoms with Gasteiger partial charge in [-0.2, -0.15) is 0 Å². The second-order valence-electron chi connectivity index (χ2n) is 9.47. The predicted octanol–water partition coefficient (Wildman–Crippen LogP) is 8.16. The third kappa shape index (κ3) is 9.45. The minimum Gasteiger partial charge on any atom is -0.490 e. The van der Waals surface area contributed by atoms with E-state index >= 15 is 0 Å². The SMILES string of the molecule is CCCCCCCCOc1cnc(-c2ccc(-c3ccc(CCOCC(C)CC)cc3)cc2)nc1. The molecule has 0 fully saturated rings. The average Bonchev–Trinajstić information content (AvgIpc) is 2.91. The predicted molar refractivity (Wildman–Crippen MR) is 146 cm³/mol. The van der Waals surface area contributed by atoms with Crippen molar-refractivity contribution in [1.29, 1.82) is 0 Å². The molecule has 2 aromatic carbocycles. The molecule has 0 amide bonds. The molecule has 3 aromatic rings. The van der Waals surface area contributed by atoms with Crippen molar-refractivity contribution in [3.05, 3.63) is 66.5 Å². The number of ether oxygens (including phenoxy) is 2. The maximum absolute atomic E-state index is 5.80. The first-order valence-corrected chi connectivity index (χ1v) is 13.4. The number of benzene rings is 2. The van der Waals surface area contributed by atoms with Crippen LogP contribution in [0.1, 0.15) is 71.3 Å². The van der Waals surface area contributed by atoms with Gasteiger partial charge in [0.2, 0.25) is 0 Å². The molecule has 4 nitrogen and oxygen atoms in total. The molecular weight excluding hydrogens is 432 g/mol. The van der Waals surface area contributed by atoms with Crippen molar-refractivity contribution in [3.63, 3.8) is 0 Å². The maximum Gasteiger partial charge on any atom is 0.159 e. The van der Waals surface area contributed by atoms with E-state index < -0.39 is 0 Å². The Labute approximate surface area is 212 Å². The second-order valence-corrected chi connectivity index (χ2v) is 9.47. The number of nitrogens with zero attached hydrogens (tertiary/aromatic N) is 2. The Morgan fingerprint density at radius 1 is 0.714 bits per heavy atom. The quantitative estimate of drug-likeness (QED) is 0.196. The van der Waals surface area contributed by atoms with Gasteiger partial charge >= 0.3 is 0 Å². The zero-order chi connectivity index (χ0) is 24.7. The second kappa shape index (κ2) is 15.3. The smallest absolute Gasteiger partial charge is 0.159 e. The minimum absolute atomic E-state index is 0.631. The molecule has 0 aliphatic heterocycles. The summed E-state index contributed by atoms with van der Waals surface area (Å²) in [5, 5.41) is 0. The van der Waals surface area contributed by atoms with Crippen molar-refractivity contribution in [3.8, 4) is 28.3 Å². The molecule has 0 saturated heterocycles. The summed E-state index contributed by atoms with van der Waals surface area (Å²) < 4.78 is 11.6. The van der Waals surface area contributed by atoms with Gasteiger partial charge < -0.3 is 9.47 Å². The molecule has 0 aliphatic rings. The number of aromatic nitrogens is 2. The molecule has 0 aliphatic carbocycles. The summed E-state index contributed by atoms with van der Waals surface area (Å²) in [4.78, 5) is 9.01. The molecule has 1 aromatic heterocycles. The first-order chi connectivity index (χ1) is 17.2. The highest BCUT2D eigenvalue weighted by molar-refractivity contribution is 5.67. The molecular formula is C31H42N2O2. The van der Waals surface area contributed by atoms with E-state index in [0.717, 1.165) is 49.8 Å². The molecule has 188 valence electrons. The van der Waals surface area contributed by atoms with Gasteiger partial charge in [0, 0.05) is 12.2 Å². The normalized spacial score (nSPS) is 12.0. The first kappa shape index (κ1) is 26.9. The van der Waals surface area contributed by atoms with Gasteiger partial charge in [0.1, 0.15) is 0 Å². The van der Waals surface area contributed by atoms with Crippen LogP contribution in [-0.2, 0) is 11.2 Å². The third-order valence-corrected chi connectivity index (χ3v) is 6.46. The van der Waals surface area contributed by atoms with E-state index in [-0.39, 0.29) is 0 Å². The summed E-state index contributed by atoms with van der Waals surface area (Å²) in [6.07, 6.45) is 13.2. The highest BCUT2D eigenvalue weighted by Gasteiger charge is 2.05. The van der Waals surface area contributed by atoms with Gasteiger partial charge in [-0.3, -0.25) is 0 Å². The van der Waals surface area contributed by atoms with Crippen LogP contribution in [0.15, 0.2) is 60.9 Å². The summed E-state index contributed by atoms with van der Waals surface area (Å²) in [6, 6.07) is 17.2. The lowest BCUT2D eigenvalue weighted by Crippen LogP contribution is -2.07. The number of unbranched alkanes of at least 4 members (excludes halogenated alkanes) is 5. The lowest BCUT2D eigenvalue weighted by atomic mass is 10.0. The van der Waals surface area contributed by atoms with Gasteiger partial charge in [-0.15, -0.1) is 0 Å². The summed E-state index contributed by atoms with van der Waals surface area (Å²) in [5.41, 5.74) is 4.71. The Morgan fingerprint density at radius 2 is 1.31 bits per heavy atom. The van der Waals surface area contributed by atoms with Crippen molar-refractivity contribution in [2.75, 3.05) is 19.8 Å². The van der Waals surface area contributed by atoms with Gasteiger partial charge in [-0.05, 0) is 35.4 Å². The van der Waals surface area contributed by atoms with E-state index in [0.29, 0.717) is 5.92 Å². The Morgan fingerprint density at radius 3 is 1.97 bits per heavy atom. The highest BCUT2D eigenvalue weighted by atomic mass is 16.5. The van der Waals surface area contributed by atoms with Crippen LogP contribution in [0.25, 0.3) is 22.5 Å². The molecule has 1 atom stereocenters. The molecule has 1 unspecified atom stereocenters. The number of hydrogen-bond acceptors (Lipinski definition) is 4. The molecule has 3 rings (SSSR count). The topological polar surface area (TPSA) is 44.2 Å². The zero-order valence-electron chi connectivity index (χ0n) is 21.8. The lowest BCUT2D eigenvalue weighted by Gasteiger charge is -2.10. The van der Waals surface area contributed by atoms with Crippen molar-refractivity contribution < 1.29 is 9.47 Å². The summed E-state index contributed by atoms with van der Waals surface area (Å²) in [5.74, 6) is 2.09. The fraction of sp³-hybridized carbons (Fsp3) is 0.484. The van der Waals surface area contributed by atoms with E-state index in [4.69, 9.17) is 9.47 Å². The number of rotatable bonds is 16. The van der Waals surface area contributed by atoms with Crippen molar-refractivity contribution >= 4 is 0 Å². The maximum atomic E-state index is 5.80. The third-order valence-electron chi connectivity index (χ3n) is 6.46. The van der Waals surface area contributed by atoms with Crippen molar-refractivity contribution in [2.45, 2.75) is 72.1 Å². The molecule has 0 saturated carbocycles. The fourth-order valence-corrected chi connectivity index (χ4v) is 3.88. The van der Waals surface area contributed by atoms with Gasteiger partial charge in [0.25, 0.3) is 0 Å². The molecule has 4 heteroatoms. The van der Waals surface area contributed by atoms with Crippen LogP contribution in [0.4, 0.5) is 0 Å². The van der Waals surface area contributed by atoms with Crippen LogP contribution in [0.5, 0.6) is 5.75 Å². The summed E-state index contributed by atoms with van der Waals surface area (Å²) in [6.45, 7) is 9.03. The van der Waals surface area contributed by atoms with Gasteiger partial charge in [-0.1, -0.05) is 108 Å². The van der Waals surface area contributed by atoms with Crippen LogP contribution in [0.3, 0.4) is 0 Å². The van der Waals surface area contributed by atoms with Crippen LogP contribution in [0, 0.1) is 5.92 Å². The molecule has 0 spiro atoms. The van der Waals surface area contributed by atoms with Crippen LogP contribution < -0.4 is 4.74 Å². The minimum atomic E-state index is 0.631. The van der Waals surface area contributed by atoms with E-state index in [1.165, 1.54) is 55.2 Å². The van der Waals surface area contributed by atoms with Gasteiger partial charge in [0.15, 0.2) is 11.6 Å². The van der Waals surface area contributed by atoms with Crippen LogP contribution in [0.2, 0.25) is 0 Å².